The molecule has 0 saturated heterocycles. The van der Waals surface area contributed by atoms with Gasteiger partial charge in [0.05, 0.1) is 0 Å². The Bertz CT molecular complexity index is 888. The molecule has 30 heavy (non-hydrogen) atoms. The lowest BCUT2D eigenvalue weighted by Gasteiger charge is -2.29. The topological polar surface area (TPSA) is 0 Å². The molecule has 0 heterocycles. The lowest BCUT2D eigenvalue weighted by Crippen LogP contribution is -2.16. The Balaban J connectivity index is 1.47. The molecule has 0 heteroatoms. The van der Waals surface area contributed by atoms with Crippen LogP contribution < -0.4 is 0 Å². The summed E-state index contributed by atoms with van der Waals surface area (Å²) in [6.45, 7) is 2.37. The molecule has 0 amide bonds. The van der Waals surface area contributed by atoms with E-state index in [1.165, 1.54) is 92.9 Å². The zero-order valence-electron chi connectivity index (χ0n) is 18.8. The van der Waals surface area contributed by atoms with E-state index >= 15 is 0 Å². The van der Waals surface area contributed by atoms with Gasteiger partial charge < -0.3 is 0 Å². The Hall–Kier alpha value is -1.82. The average Bonchev–Trinajstić information content (AvgIpc) is 3.29. The highest BCUT2D eigenvalue weighted by Crippen LogP contribution is 2.39. The standard InChI is InChI=1S/C30H38/c1-2-22-14-16-23(17-15-22)18-24-19-27(25-8-4-3-5-9-25)21-28(20-24)30-13-7-11-26-10-6-12-29(26)30/h6-7,11-13,19-23,25H,2-5,8-10,14-18H2,1H3. The van der Waals surface area contributed by atoms with Crippen molar-refractivity contribution >= 4 is 6.08 Å². The van der Waals surface area contributed by atoms with Gasteiger partial charge in [0.2, 0.25) is 0 Å². The summed E-state index contributed by atoms with van der Waals surface area (Å²) in [4.78, 5) is 0. The molecule has 0 nitrogen and oxygen atoms in total. The maximum Gasteiger partial charge on any atom is -0.00879 e. The van der Waals surface area contributed by atoms with Crippen molar-refractivity contribution in [2.75, 3.05) is 0 Å². The fourth-order valence-corrected chi connectivity index (χ4v) is 6.38. The monoisotopic (exact) mass is 398 g/mol. The van der Waals surface area contributed by atoms with Crippen LogP contribution >= 0.6 is 0 Å². The summed E-state index contributed by atoms with van der Waals surface area (Å²) in [5.41, 5.74) is 9.12. The number of allylic oxidation sites excluding steroid dienone is 1. The van der Waals surface area contributed by atoms with Crippen LogP contribution in [0, 0.1) is 11.8 Å². The first-order chi connectivity index (χ1) is 14.8. The van der Waals surface area contributed by atoms with E-state index in [0.717, 1.165) is 24.2 Å². The van der Waals surface area contributed by atoms with Crippen LogP contribution in [-0.2, 0) is 12.8 Å². The fourth-order valence-electron chi connectivity index (χ4n) is 6.38. The van der Waals surface area contributed by atoms with Gasteiger partial charge >= 0.3 is 0 Å². The first-order valence-corrected chi connectivity index (χ1v) is 12.7. The van der Waals surface area contributed by atoms with Gasteiger partial charge in [0, 0.05) is 0 Å². The van der Waals surface area contributed by atoms with Gasteiger partial charge in [-0.05, 0) is 89.7 Å². The molecular weight excluding hydrogens is 360 g/mol. The molecule has 0 bridgehead atoms. The van der Waals surface area contributed by atoms with Gasteiger partial charge in [-0.25, -0.2) is 0 Å². The molecule has 0 atom stereocenters. The summed E-state index contributed by atoms with van der Waals surface area (Å²) in [7, 11) is 0. The molecule has 0 radical (unpaired) electrons. The molecule has 2 fully saturated rings. The van der Waals surface area contributed by atoms with Gasteiger partial charge in [0.15, 0.2) is 0 Å². The van der Waals surface area contributed by atoms with Crippen LogP contribution in [0.2, 0.25) is 0 Å². The predicted molar refractivity (Wildman–Crippen MR) is 130 cm³/mol. The summed E-state index contributed by atoms with van der Waals surface area (Å²) >= 11 is 0. The van der Waals surface area contributed by atoms with Gasteiger partial charge in [-0.2, -0.15) is 0 Å². The van der Waals surface area contributed by atoms with Crippen LogP contribution in [-0.4, -0.2) is 0 Å². The van der Waals surface area contributed by atoms with Crippen LogP contribution in [0.5, 0.6) is 0 Å². The highest BCUT2D eigenvalue weighted by atomic mass is 14.3. The summed E-state index contributed by atoms with van der Waals surface area (Å²) in [6.07, 6.45) is 21.2. The smallest absolute Gasteiger partial charge is 0.00879 e. The van der Waals surface area contributed by atoms with Crippen LogP contribution in [0.3, 0.4) is 0 Å². The van der Waals surface area contributed by atoms with Crippen LogP contribution in [0.15, 0.2) is 42.5 Å². The fraction of sp³-hybridized carbons (Fsp3) is 0.533. The zero-order valence-corrected chi connectivity index (χ0v) is 18.8. The molecule has 5 rings (SSSR count). The SMILES string of the molecule is CCC1CCC(Cc2cc(-c3cccc4c3C=CC4)cc(C3CCCCC3)c2)CC1. The van der Waals surface area contributed by atoms with E-state index in [-0.39, 0.29) is 0 Å². The van der Waals surface area contributed by atoms with Crippen molar-refractivity contribution in [1.82, 2.24) is 0 Å². The Morgan fingerprint density at radius 1 is 0.833 bits per heavy atom. The number of benzene rings is 2. The van der Waals surface area contributed by atoms with Crippen LogP contribution in [0.1, 0.15) is 99.3 Å². The van der Waals surface area contributed by atoms with E-state index in [0.29, 0.717) is 0 Å². The summed E-state index contributed by atoms with van der Waals surface area (Å²) in [6, 6.07) is 14.6. The lowest BCUT2D eigenvalue weighted by atomic mass is 9.77. The number of rotatable bonds is 5. The third-order valence-electron chi connectivity index (χ3n) is 8.29. The van der Waals surface area contributed by atoms with Crippen molar-refractivity contribution in [2.45, 2.75) is 89.9 Å². The lowest BCUT2D eigenvalue weighted by molar-refractivity contribution is 0.268. The molecule has 0 aliphatic heterocycles. The molecule has 2 aromatic rings. The molecular formula is C30H38. The van der Waals surface area contributed by atoms with E-state index in [9.17, 15) is 0 Å². The highest BCUT2D eigenvalue weighted by Gasteiger charge is 2.22. The first kappa shape index (κ1) is 20.1. The summed E-state index contributed by atoms with van der Waals surface area (Å²) < 4.78 is 0. The van der Waals surface area contributed by atoms with Crippen LogP contribution in [0.4, 0.5) is 0 Å². The van der Waals surface area contributed by atoms with Crippen LogP contribution in [0.25, 0.3) is 17.2 Å². The largest absolute Gasteiger partial charge is 0.0795 e. The van der Waals surface area contributed by atoms with E-state index in [1.54, 1.807) is 11.1 Å². The minimum Gasteiger partial charge on any atom is -0.0795 e. The van der Waals surface area contributed by atoms with Crippen molar-refractivity contribution in [3.63, 3.8) is 0 Å². The maximum atomic E-state index is 2.60. The zero-order chi connectivity index (χ0) is 20.3. The molecule has 2 saturated carbocycles. The van der Waals surface area contributed by atoms with Gasteiger partial charge in [-0.3, -0.25) is 0 Å². The number of hydrogen-bond donors (Lipinski definition) is 0. The Morgan fingerprint density at radius 2 is 1.63 bits per heavy atom. The molecule has 0 aromatic heterocycles. The van der Waals surface area contributed by atoms with Gasteiger partial charge in [-0.1, -0.05) is 94.0 Å². The molecule has 2 aromatic carbocycles. The van der Waals surface area contributed by atoms with E-state index in [2.05, 4.69) is 55.5 Å². The molecule has 3 aliphatic rings. The minimum atomic E-state index is 0.778. The second kappa shape index (κ2) is 9.13. The average molecular weight is 399 g/mol. The van der Waals surface area contributed by atoms with Crippen molar-refractivity contribution < 1.29 is 0 Å². The summed E-state index contributed by atoms with van der Waals surface area (Å²) in [5.74, 6) is 2.66. The van der Waals surface area contributed by atoms with Crippen molar-refractivity contribution in [2.24, 2.45) is 11.8 Å². The van der Waals surface area contributed by atoms with Crippen molar-refractivity contribution in [3.05, 3.63) is 64.7 Å². The van der Waals surface area contributed by atoms with E-state index < -0.39 is 0 Å². The minimum absolute atomic E-state index is 0.778. The maximum absolute atomic E-state index is 2.60. The quantitative estimate of drug-likeness (QED) is 0.472. The second-order valence-electron chi connectivity index (χ2n) is 10.3. The predicted octanol–water partition coefficient (Wildman–Crippen LogP) is 8.73. The summed E-state index contributed by atoms with van der Waals surface area (Å²) in [5, 5.41) is 0. The van der Waals surface area contributed by atoms with Gasteiger partial charge in [0.1, 0.15) is 0 Å². The third kappa shape index (κ3) is 4.29. The van der Waals surface area contributed by atoms with E-state index in [4.69, 9.17) is 0 Å². The Labute approximate surface area is 183 Å². The Kier molecular flexibility index (Phi) is 6.12. The Morgan fingerprint density at radius 3 is 2.43 bits per heavy atom. The van der Waals surface area contributed by atoms with Crippen molar-refractivity contribution in [1.29, 1.82) is 0 Å². The van der Waals surface area contributed by atoms with Gasteiger partial charge in [0.25, 0.3) is 0 Å². The third-order valence-corrected chi connectivity index (χ3v) is 8.29. The first-order valence-electron chi connectivity index (χ1n) is 12.7. The number of fused-ring (bicyclic) bond motifs is 1. The van der Waals surface area contributed by atoms with Gasteiger partial charge in [-0.15, -0.1) is 0 Å². The normalized spacial score (nSPS) is 24.2. The van der Waals surface area contributed by atoms with E-state index in [1.807, 2.05) is 0 Å². The number of hydrogen-bond acceptors (Lipinski definition) is 0. The molecule has 0 unspecified atom stereocenters. The molecule has 0 spiro atoms. The van der Waals surface area contributed by atoms with Crippen molar-refractivity contribution in [3.8, 4) is 11.1 Å². The molecule has 3 aliphatic carbocycles. The second-order valence-corrected chi connectivity index (χ2v) is 10.3. The molecule has 0 N–H and O–H groups in total. The molecule has 158 valence electrons. The highest BCUT2D eigenvalue weighted by molar-refractivity contribution is 5.80.